The largest absolute Gasteiger partial charge is 0.496 e. The summed E-state index contributed by atoms with van der Waals surface area (Å²) < 4.78 is 18.4. The van der Waals surface area contributed by atoms with Crippen LogP contribution in [0.1, 0.15) is 26.3 Å². The Bertz CT molecular complexity index is 1030. The lowest BCUT2D eigenvalue weighted by molar-refractivity contribution is 0.0656. The van der Waals surface area contributed by atoms with Crippen LogP contribution < -0.4 is 4.74 Å². The van der Waals surface area contributed by atoms with Crippen LogP contribution in [0.25, 0.3) is 10.8 Å². The van der Waals surface area contributed by atoms with Crippen LogP contribution in [0.5, 0.6) is 5.75 Å². The number of nitrogens with zero attached hydrogens (tertiary/aromatic N) is 1. The first-order valence-corrected chi connectivity index (χ1v) is 8.30. The zero-order chi connectivity index (χ0) is 18.3. The Morgan fingerprint density at radius 2 is 1.65 bits per heavy atom. The first kappa shape index (κ1) is 16.3. The molecule has 26 heavy (non-hydrogen) atoms. The Morgan fingerprint density at radius 1 is 0.962 bits per heavy atom. The Morgan fingerprint density at radius 3 is 2.35 bits per heavy atom. The number of rotatable bonds is 4. The van der Waals surface area contributed by atoms with Crippen molar-refractivity contribution in [3.05, 3.63) is 77.1 Å². The Labute approximate surface area is 149 Å². The fraction of sp³-hybridized carbons (Fsp3) is 0.143. The first-order chi connectivity index (χ1) is 12.6. The molecule has 0 fully saturated rings. The molecular formula is C21H16FNO3. The number of amides is 2. The van der Waals surface area contributed by atoms with Gasteiger partial charge in [0.1, 0.15) is 11.6 Å². The number of imide groups is 1. The SMILES string of the molecule is COc1cccc2cc3c(cc12)C(=O)N(CCc1ccc(F)cc1)C3=O. The second kappa shape index (κ2) is 6.26. The molecule has 4 nitrogen and oxygen atoms in total. The van der Waals surface area contributed by atoms with Gasteiger partial charge in [0.15, 0.2) is 0 Å². The van der Waals surface area contributed by atoms with E-state index in [0.717, 1.165) is 16.3 Å². The summed E-state index contributed by atoms with van der Waals surface area (Å²) in [5, 5.41) is 1.65. The highest BCUT2D eigenvalue weighted by atomic mass is 19.1. The number of halogens is 1. The maximum absolute atomic E-state index is 13.0. The number of benzene rings is 3. The van der Waals surface area contributed by atoms with Gasteiger partial charge in [0.05, 0.1) is 18.2 Å². The van der Waals surface area contributed by atoms with E-state index in [1.165, 1.54) is 17.0 Å². The van der Waals surface area contributed by atoms with Crippen molar-refractivity contribution >= 4 is 22.6 Å². The minimum Gasteiger partial charge on any atom is -0.496 e. The third-order valence-corrected chi connectivity index (χ3v) is 4.69. The second-order valence-corrected chi connectivity index (χ2v) is 6.22. The van der Waals surface area contributed by atoms with Gasteiger partial charge < -0.3 is 4.74 Å². The molecule has 1 heterocycles. The molecule has 0 saturated carbocycles. The van der Waals surface area contributed by atoms with E-state index in [4.69, 9.17) is 4.74 Å². The van der Waals surface area contributed by atoms with Crippen molar-refractivity contribution in [3.63, 3.8) is 0 Å². The summed E-state index contributed by atoms with van der Waals surface area (Å²) in [4.78, 5) is 26.7. The summed E-state index contributed by atoms with van der Waals surface area (Å²) in [5.41, 5.74) is 1.68. The lowest BCUT2D eigenvalue weighted by Gasteiger charge is -2.13. The minimum absolute atomic E-state index is 0.255. The Balaban J connectivity index is 1.65. The number of carbonyl (C=O) groups is 2. The molecule has 0 N–H and O–H groups in total. The zero-order valence-corrected chi connectivity index (χ0v) is 14.2. The van der Waals surface area contributed by atoms with Gasteiger partial charge in [-0.05, 0) is 47.7 Å². The molecule has 3 aromatic carbocycles. The summed E-state index contributed by atoms with van der Waals surface area (Å²) in [5.74, 6) is -0.248. The van der Waals surface area contributed by atoms with Crippen LogP contribution in [0, 0.1) is 5.82 Å². The fourth-order valence-corrected chi connectivity index (χ4v) is 3.31. The Hall–Kier alpha value is -3.21. The fourth-order valence-electron chi connectivity index (χ4n) is 3.31. The highest BCUT2D eigenvalue weighted by Crippen LogP contribution is 2.32. The third kappa shape index (κ3) is 2.62. The lowest BCUT2D eigenvalue weighted by Crippen LogP contribution is -2.31. The zero-order valence-electron chi connectivity index (χ0n) is 14.2. The van der Waals surface area contributed by atoms with Gasteiger partial charge in [-0.3, -0.25) is 14.5 Å². The molecule has 0 bridgehead atoms. The summed E-state index contributed by atoms with van der Waals surface area (Å²) in [6.45, 7) is 0.255. The van der Waals surface area contributed by atoms with Gasteiger partial charge in [-0.2, -0.15) is 0 Å². The van der Waals surface area contributed by atoms with E-state index >= 15 is 0 Å². The van der Waals surface area contributed by atoms with Crippen LogP contribution in [0.2, 0.25) is 0 Å². The summed E-state index contributed by atoms with van der Waals surface area (Å²) in [6, 6.07) is 15.1. The van der Waals surface area contributed by atoms with Crippen LogP contribution >= 0.6 is 0 Å². The van der Waals surface area contributed by atoms with Crippen LogP contribution in [0.3, 0.4) is 0 Å². The monoisotopic (exact) mass is 349 g/mol. The molecule has 4 rings (SSSR count). The molecule has 1 aliphatic heterocycles. The molecular weight excluding hydrogens is 333 g/mol. The van der Waals surface area contributed by atoms with E-state index in [2.05, 4.69) is 0 Å². The van der Waals surface area contributed by atoms with E-state index < -0.39 is 0 Å². The predicted octanol–water partition coefficient (Wildman–Crippen LogP) is 3.83. The predicted molar refractivity (Wildman–Crippen MR) is 96.0 cm³/mol. The van der Waals surface area contributed by atoms with Crippen molar-refractivity contribution in [1.29, 1.82) is 0 Å². The van der Waals surface area contributed by atoms with Crippen molar-refractivity contribution in [2.45, 2.75) is 6.42 Å². The van der Waals surface area contributed by atoms with Gasteiger partial charge in [-0.1, -0.05) is 24.3 Å². The van der Waals surface area contributed by atoms with E-state index in [0.29, 0.717) is 23.3 Å². The van der Waals surface area contributed by atoms with E-state index in [9.17, 15) is 14.0 Å². The molecule has 0 atom stereocenters. The van der Waals surface area contributed by atoms with Gasteiger partial charge in [0.2, 0.25) is 0 Å². The van der Waals surface area contributed by atoms with E-state index in [1.54, 1.807) is 31.4 Å². The average molecular weight is 349 g/mol. The molecule has 5 heteroatoms. The number of hydrogen-bond donors (Lipinski definition) is 0. The Kier molecular flexibility index (Phi) is 3.92. The smallest absolute Gasteiger partial charge is 0.261 e. The van der Waals surface area contributed by atoms with Gasteiger partial charge in [-0.15, -0.1) is 0 Å². The summed E-state index contributed by atoms with van der Waals surface area (Å²) in [7, 11) is 1.57. The molecule has 2 amide bonds. The van der Waals surface area contributed by atoms with Gasteiger partial charge >= 0.3 is 0 Å². The van der Waals surface area contributed by atoms with Crippen molar-refractivity contribution in [2.24, 2.45) is 0 Å². The minimum atomic E-state index is -0.310. The van der Waals surface area contributed by atoms with Gasteiger partial charge in [0.25, 0.3) is 11.8 Å². The van der Waals surface area contributed by atoms with Gasteiger partial charge in [-0.25, -0.2) is 4.39 Å². The standard InChI is InChI=1S/C21H16FNO3/c1-26-19-4-2-3-14-11-17-18(12-16(14)19)21(25)23(20(17)24)10-9-13-5-7-15(22)8-6-13/h2-8,11-12H,9-10H2,1H3. The number of fused-ring (bicyclic) bond motifs is 2. The summed E-state index contributed by atoms with van der Waals surface area (Å²) >= 11 is 0. The highest BCUT2D eigenvalue weighted by molar-refractivity contribution is 6.23. The number of hydrogen-bond acceptors (Lipinski definition) is 3. The molecule has 0 radical (unpaired) electrons. The molecule has 0 aliphatic carbocycles. The second-order valence-electron chi connectivity index (χ2n) is 6.22. The maximum Gasteiger partial charge on any atom is 0.261 e. The molecule has 0 saturated heterocycles. The van der Waals surface area contributed by atoms with Crippen molar-refractivity contribution in [3.8, 4) is 5.75 Å². The van der Waals surface area contributed by atoms with E-state index in [-0.39, 0.29) is 24.2 Å². The van der Waals surface area contributed by atoms with Gasteiger partial charge in [0, 0.05) is 11.9 Å². The third-order valence-electron chi connectivity index (χ3n) is 4.69. The molecule has 1 aliphatic rings. The molecule has 0 unspecified atom stereocenters. The maximum atomic E-state index is 13.0. The molecule has 0 spiro atoms. The van der Waals surface area contributed by atoms with Crippen molar-refractivity contribution < 1.29 is 18.7 Å². The quantitative estimate of drug-likeness (QED) is 0.673. The summed E-state index contributed by atoms with van der Waals surface area (Å²) in [6.07, 6.45) is 0.481. The van der Waals surface area contributed by atoms with Crippen molar-refractivity contribution in [2.75, 3.05) is 13.7 Å². The lowest BCUT2D eigenvalue weighted by atomic mass is 10.0. The normalized spacial score (nSPS) is 13.4. The van der Waals surface area contributed by atoms with Crippen LogP contribution in [0.15, 0.2) is 54.6 Å². The first-order valence-electron chi connectivity index (χ1n) is 8.30. The van der Waals surface area contributed by atoms with Crippen molar-refractivity contribution in [1.82, 2.24) is 4.90 Å². The molecule has 0 aromatic heterocycles. The molecule has 130 valence electrons. The molecule has 3 aromatic rings. The average Bonchev–Trinajstić information content (AvgIpc) is 2.89. The van der Waals surface area contributed by atoms with E-state index in [1.807, 2.05) is 18.2 Å². The van der Waals surface area contributed by atoms with Crippen LogP contribution in [-0.4, -0.2) is 30.4 Å². The van der Waals surface area contributed by atoms with Crippen LogP contribution in [0.4, 0.5) is 4.39 Å². The topological polar surface area (TPSA) is 46.6 Å². The van der Waals surface area contributed by atoms with Crippen LogP contribution in [-0.2, 0) is 6.42 Å². The number of methoxy groups -OCH3 is 1. The highest BCUT2D eigenvalue weighted by Gasteiger charge is 2.35. The number of carbonyl (C=O) groups excluding carboxylic acids is 2. The number of ether oxygens (including phenoxy) is 1.